The van der Waals surface area contributed by atoms with Crippen LogP contribution in [0.4, 0.5) is 8.78 Å². The monoisotopic (exact) mass is 296 g/mol. The van der Waals surface area contributed by atoms with Gasteiger partial charge in [0.15, 0.2) is 11.6 Å². The summed E-state index contributed by atoms with van der Waals surface area (Å²) in [5.41, 5.74) is 0.0617. The number of aliphatic hydroxyl groups excluding tert-OH is 1. The first-order chi connectivity index (χ1) is 10.1. The second kappa shape index (κ2) is 6.38. The first-order valence-corrected chi connectivity index (χ1v) is 7.73. The normalized spacial score (nSPS) is 22.4. The third kappa shape index (κ3) is 3.59. The van der Waals surface area contributed by atoms with Crippen LogP contribution in [0.2, 0.25) is 0 Å². The fourth-order valence-corrected chi connectivity index (χ4v) is 3.03. The summed E-state index contributed by atoms with van der Waals surface area (Å²) in [4.78, 5) is 4.82. The molecule has 1 N–H and O–H groups in total. The zero-order valence-electron chi connectivity index (χ0n) is 12.1. The standard InChI is InChI=1S/C16H22F2N2O/c17-14-3-1-2-13(16(14)18)15(21)6-7-19-8-10-20(11-9-19)12-4-5-12/h1-3,12,15,21H,4-11H2. The molecular formula is C16H22F2N2O. The highest BCUT2D eigenvalue weighted by atomic mass is 19.2. The third-order valence-corrected chi connectivity index (χ3v) is 4.53. The zero-order valence-corrected chi connectivity index (χ0v) is 12.1. The SMILES string of the molecule is OC(CCN1CCN(C2CC2)CC1)c1cccc(F)c1F. The maximum absolute atomic E-state index is 13.6. The molecule has 2 fully saturated rings. The molecule has 1 aromatic carbocycles. The van der Waals surface area contributed by atoms with Gasteiger partial charge in [0.2, 0.25) is 0 Å². The number of hydrogen-bond acceptors (Lipinski definition) is 3. The van der Waals surface area contributed by atoms with Crippen molar-refractivity contribution in [3.63, 3.8) is 0 Å². The average molecular weight is 296 g/mol. The summed E-state index contributed by atoms with van der Waals surface area (Å²) in [7, 11) is 0. The van der Waals surface area contributed by atoms with Crippen LogP contribution < -0.4 is 0 Å². The summed E-state index contributed by atoms with van der Waals surface area (Å²) >= 11 is 0. The summed E-state index contributed by atoms with van der Waals surface area (Å²) in [6, 6.07) is 4.77. The summed E-state index contributed by atoms with van der Waals surface area (Å²) in [6.07, 6.45) is 2.15. The van der Waals surface area contributed by atoms with Crippen molar-refractivity contribution in [2.75, 3.05) is 32.7 Å². The molecule has 3 nitrogen and oxygen atoms in total. The number of rotatable bonds is 5. The molecule has 21 heavy (non-hydrogen) atoms. The molecule has 0 spiro atoms. The molecule has 1 aromatic rings. The summed E-state index contributed by atoms with van der Waals surface area (Å²) < 4.78 is 26.8. The van der Waals surface area contributed by atoms with Gasteiger partial charge in [0.05, 0.1) is 6.10 Å². The Morgan fingerprint density at radius 2 is 1.86 bits per heavy atom. The lowest BCUT2D eigenvalue weighted by Gasteiger charge is -2.35. The Morgan fingerprint density at radius 3 is 2.52 bits per heavy atom. The van der Waals surface area contributed by atoms with E-state index in [9.17, 15) is 13.9 Å². The topological polar surface area (TPSA) is 26.7 Å². The van der Waals surface area contributed by atoms with Crippen molar-refractivity contribution >= 4 is 0 Å². The molecule has 0 amide bonds. The molecule has 0 bridgehead atoms. The van der Waals surface area contributed by atoms with E-state index < -0.39 is 17.7 Å². The van der Waals surface area contributed by atoms with Crippen LogP contribution in [-0.2, 0) is 0 Å². The van der Waals surface area contributed by atoms with Crippen LogP contribution in [0.1, 0.15) is 30.9 Å². The average Bonchev–Trinajstić information content (AvgIpc) is 3.33. The number of benzene rings is 1. The van der Waals surface area contributed by atoms with E-state index in [0.717, 1.165) is 44.8 Å². The number of halogens is 2. The van der Waals surface area contributed by atoms with Gasteiger partial charge in [-0.25, -0.2) is 8.78 Å². The lowest BCUT2D eigenvalue weighted by atomic mass is 10.1. The Kier molecular flexibility index (Phi) is 4.52. The largest absolute Gasteiger partial charge is 0.388 e. The minimum Gasteiger partial charge on any atom is -0.388 e. The summed E-state index contributed by atoms with van der Waals surface area (Å²) in [6.45, 7) is 4.86. The molecule has 1 aliphatic heterocycles. The Hall–Kier alpha value is -1.04. The second-order valence-corrected chi connectivity index (χ2v) is 6.06. The lowest BCUT2D eigenvalue weighted by Crippen LogP contribution is -2.47. The highest BCUT2D eigenvalue weighted by Gasteiger charge is 2.31. The quantitative estimate of drug-likeness (QED) is 0.902. The van der Waals surface area contributed by atoms with Gasteiger partial charge in [-0.3, -0.25) is 4.90 Å². The van der Waals surface area contributed by atoms with Gasteiger partial charge in [-0.15, -0.1) is 0 Å². The van der Waals surface area contributed by atoms with E-state index in [4.69, 9.17) is 0 Å². The minimum absolute atomic E-state index is 0.0617. The highest BCUT2D eigenvalue weighted by molar-refractivity contribution is 5.21. The van der Waals surface area contributed by atoms with Gasteiger partial charge < -0.3 is 10.0 Å². The molecule has 2 aliphatic rings. The predicted molar refractivity (Wildman–Crippen MR) is 77.0 cm³/mol. The first kappa shape index (κ1) is 14.9. The smallest absolute Gasteiger partial charge is 0.164 e. The first-order valence-electron chi connectivity index (χ1n) is 7.73. The predicted octanol–water partition coefficient (Wildman–Crippen LogP) is 2.17. The summed E-state index contributed by atoms with van der Waals surface area (Å²) in [5.74, 6) is -1.83. The number of hydrogen-bond donors (Lipinski definition) is 1. The molecule has 0 radical (unpaired) electrons. The van der Waals surface area contributed by atoms with Crippen LogP contribution in [0.15, 0.2) is 18.2 Å². The van der Waals surface area contributed by atoms with Crippen molar-refractivity contribution in [2.45, 2.75) is 31.4 Å². The van der Waals surface area contributed by atoms with Gasteiger partial charge >= 0.3 is 0 Å². The van der Waals surface area contributed by atoms with E-state index in [1.807, 2.05) is 0 Å². The van der Waals surface area contributed by atoms with E-state index in [1.54, 1.807) is 0 Å². The van der Waals surface area contributed by atoms with E-state index in [1.165, 1.54) is 25.0 Å². The Morgan fingerprint density at radius 1 is 1.14 bits per heavy atom. The molecule has 3 rings (SSSR count). The minimum atomic E-state index is -0.942. The number of aliphatic hydroxyl groups is 1. The lowest BCUT2D eigenvalue weighted by molar-refractivity contribution is 0.0975. The van der Waals surface area contributed by atoms with Crippen molar-refractivity contribution in [3.05, 3.63) is 35.4 Å². The van der Waals surface area contributed by atoms with Gasteiger partial charge in [0, 0.05) is 44.3 Å². The Balaban J connectivity index is 1.47. The third-order valence-electron chi connectivity index (χ3n) is 4.53. The van der Waals surface area contributed by atoms with E-state index >= 15 is 0 Å². The van der Waals surface area contributed by atoms with Gasteiger partial charge in [0.1, 0.15) is 0 Å². The van der Waals surface area contributed by atoms with Gasteiger partial charge in [-0.1, -0.05) is 12.1 Å². The Labute approximate surface area is 124 Å². The fraction of sp³-hybridized carbons (Fsp3) is 0.625. The van der Waals surface area contributed by atoms with Gasteiger partial charge in [-0.2, -0.15) is 0 Å². The van der Waals surface area contributed by atoms with Gasteiger partial charge in [-0.05, 0) is 25.3 Å². The van der Waals surface area contributed by atoms with E-state index in [2.05, 4.69) is 9.80 Å². The number of piperazine rings is 1. The summed E-state index contributed by atoms with van der Waals surface area (Å²) in [5, 5.41) is 10.1. The van der Waals surface area contributed by atoms with Crippen molar-refractivity contribution in [3.8, 4) is 0 Å². The molecule has 0 aromatic heterocycles. The zero-order chi connectivity index (χ0) is 14.8. The van der Waals surface area contributed by atoms with Crippen molar-refractivity contribution < 1.29 is 13.9 Å². The van der Waals surface area contributed by atoms with Crippen LogP contribution in [0, 0.1) is 11.6 Å². The van der Waals surface area contributed by atoms with Crippen LogP contribution in [0.5, 0.6) is 0 Å². The number of nitrogens with zero attached hydrogens (tertiary/aromatic N) is 2. The molecule has 1 unspecified atom stereocenters. The molecule has 116 valence electrons. The fourth-order valence-electron chi connectivity index (χ4n) is 3.03. The van der Waals surface area contributed by atoms with Crippen LogP contribution in [-0.4, -0.2) is 53.7 Å². The van der Waals surface area contributed by atoms with Crippen LogP contribution in [0.25, 0.3) is 0 Å². The Bertz CT molecular complexity index is 485. The van der Waals surface area contributed by atoms with Crippen molar-refractivity contribution in [1.29, 1.82) is 0 Å². The van der Waals surface area contributed by atoms with Crippen LogP contribution >= 0.6 is 0 Å². The highest BCUT2D eigenvalue weighted by Crippen LogP contribution is 2.28. The van der Waals surface area contributed by atoms with E-state index in [-0.39, 0.29) is 5.56 Å². The maximum atomic E-state index is 13.6. The van der Waals surface area contributed by atoms with Crippen molar-refractivity contribution in [1.82, 2.24) is 9.80 Å². The van der Waals surface area contributed by atoms with Crippen molar-refractivity contribution in [2.24, 2.45) is 0 Å². The molecular weight excluding hydrogens is 274 g/mol. The molecule has 1 atom stereocenters. The maximum Gasteiger partial charge on any atom is 0.164 e. The van der Waals surface area contributed by atoms with Crippen LogP contribution in [0.3, 0.4) is 0 Å². The second-order valence-electron chi connectivity index (χ2n) is 6.06. The van der Waals surface area contributed by atoms with E-state index in [0.29, 0.717) is 6.42 Å². The molecule has 1 aliphatic carbocycles. The van der Waals surface area contributed by atoms with Gasteiger partial charge in [0.25, 0.3) is 0 Å². The molecule has 5 heteroatoms. The molecule has 1 saturated heterocycles. The molecule has 1 heterocycles. The molecule has 1 saturated carbocycles.